The number of thiazole rings is 1. The quantitative estimate of drug-likeness (QED) is 0.0295. The van der Waals surface area contributed by atoms with Gasteiger partial charge in [0.1, 0.15) is 36.5 Å². The van der Waals surface area contributed by atoms with Crippen molar-refractivity contribution in [1.82, 2.24) is 31.2 Å². The molecule has 0 spiro atoms. The summed E-state index contributed by atoms with van der Waals surface area (Å²) in [5, 5.41) is 22.3. The number of anilines is 1. The lowest BCUT2D eigenvalue weighted by molar-refractivity contribution is -0.145. The van der Waals surface area contributed by atoms with E-state index in [-0.39, 0.29) is 70.7 Å². The van der Waals surface area contributed by atoms with Gasteiger partial charge in [0.15, 0.2) is 5.67 Å². The number of primary amides is 1. The number of hydrogen-bond acceptors (Lipinski definition) is 13. The van der Waals surface area contributed by atoms with Crippen LogP contribution in [-0.2, 0) is 70.7 Å². The van der Waals surface area contributed by atoms with Crippen LogP contribution in [0.25, 0.3) is 21.6 Å². The third-order valence-corrected chi connectivity index (χ3v) is 19.4. The highest BCUT2D eigenvalue weighted by Gasteiger charge is 2.54. The topological polar surface area (TPSA) is 261 Å². The molecule has 2 aliphatic carbocycles. The van der Waals surface area contributed by atoms with E-state index in [1.807, 2.05) is 111 Å². The number of aliphatic hydroxyl groups is 1. The number of halogens is 1. The fourth-order valence-corrected chi connectivity index (χ4v) is 13.9. The third-order valence-electron chi connectivity index (χ3n) is 18.5. The van der Waals surface area contributed by atoms with Gasteiger partial charge in [-0.25, -0.2) is 14.2 Å². The number of rotatable bonds is 25. The lowest BCUT2D eigenvalue weighted by Gasteiger charge is -2.35. The number of aryl methyl sites for hydroxylation is 3. The molecule has 7 amide bonds. The molecule has 7 atom stereocenters. The van der Waals surface area contributed by atoms with Gasteiger partial charge in [-0.15, -0.1) is 11.3 Å². The number of carbonyl (C=O) groups is 7. The molecule has 5 aliphatic rings. The van der Waals surface area contributed by atoms with Crippen LogP contribution in [0.2, 0.25) is 0 Å². The molecule has 484 valence electrons. The number of hydrogen-bond donors (Lipinski definition) is 6. The van der Waals surface area contributed by atoms with Gasteiger partial charge in [0.25, 0.3) is 5.91 Å². The van der Waals surface area contributed by atoms with Gasteiger partial charge in [-0.1, -0.05) is 124 Å². The van der Waals surface area contributed by atoms with Crippen molar-refractivity contribution in [3.05, 3.63) is 159 Å². The summed E-state index contributed by atoms with van der Waals surface area (Å²) in [6.45, 7) is 9.67. The maximum absolute atomic E-state index is 14.8. The molecule has 0 unspecified atom stereocenters. The molecule has 3 aliphatic heterocycles. The molecule has 21 heteroatoms. The Balaban J connectivity index is 0.669. The number of benzene rings is 5. The summed E-state index contributed by atoms with van der Waals surface area (Å²) >= 11 is 1.51. The van der Waals surface area contributed by atoms with E-state index in [9.17, 15) is 43.1 Å². The number of nitrogens with two attached hydrogens (primary N) is 1. The number of carbonyl (C=O) groups excluding carboxylic acids is 7. The highest BCUT2D eigenvalue weighted by molar-refractivity contribution is 7.13. The summed E-state index contributed by atoms with van der Waals surface area (Å²) < 4.78 is 33.5. The zero-order valence-corrected chi connectivity index (χ0v) is 53.5. The van der Waals surface area contributed by atoms with Gasteiger partial charge in [-0.2, -0.15) is 0 Å². The van der Waals surface area contributed by atoms with Gasteiger partial charge < -0.3 is 51.2 Å². The minimum absolute atomic E-state index is 0.000840. The molecule has 1 saturated heterocycles. The number of nitrogens with zero attached hydrogens (tertiary/aromatic N) is 3. The molecule has 0 radical (unpaired) electrons. The highest BCUT2D eigenvalue weighted by Crippen LogP contribution is 2.45. The van der Waals surface area contributed by atoms with Crippen molar-refractivity contribution in [2.75, 3.05) is 24.7 Å². The average molecular weight is 1270 g/mol. The summed E-state index contributed by atoms with van der Waals surface area (Å²) in [5.41, 5.74) is 15.9. The van der Waals surface area contributed by atoms with Gasteiger partial charge >= 0.3 is 6.09 Å². The Morgan fingerprint density at radius 1 is 0.870 bits per heavy atom. The number of fused-ring (bicyclic) bond motifs is 3. The number of ether oxygens (including phenoxy) is 3. The number of aromatic nitrogens is 1. The summed E-state index contributed by atoms with van der Waals surface area (Å²) in [4.78, 5) is 104. The summed E-state index contributed by atoms with van der Waals surface area (Å²) in [7, 11) is 0. The second-order valence-electron chi connectivity index (χ2n) is 26.1. The first-order valence-corrected chi connectivity index (χ1v) is 32.8. The maximum Gasteiger partial charge on any atom is 0.407 e. The molecule has 1 saturated carbocycles. The van der Waals surface area contributed by atoms with E-state index in [1.165, 1.54) is 21.1 Å². The van der Waals surface area contributed by atoms with Crippen molar-refractivity contribution in [2.24, 2.45) is 11.1 Å². The van der Waals surface area contributed by atoms with Crippen LogP contribution in [0.1, 0.15) is 130 Å². The number of amides is 7. The molecule has 2 fully saturated rings. The summed E-state index contributed by atoms with van der Waals surface area (Å²) in [6, 6.07) is 31.1. The van der Waals surface area contributed by atoms with E-state index in [1.54, 1.807) is 26.3 Å². The van der Waals surface area contributed by atoms with Crippen molar-refractivity contribution in [3.63, 3.8) is 0 Å². The van der Waals surface area contributed by atoms with E-state index >= 15 is 0 Å². The molecule has 5 aromatic carbocycles. The Hall–Kier alpha value is -8.53. The monoisotopic (exact) mass is 1270 g/mol. The van der Waals surface area contributed by atoms with E-state index in [0.29, 0.717) is 42.9 Å². The van der Waals surface area contributed by atoms with Crippen LogP contribution in [0.5, 0.6) is 5.75 Å². The number of alkyl carbamates (subject to hydrolysis) is 1. The number of β-amino-alcohol motifs (C(OH)–C–C–N with tert-alkyl or cyclic N) is 1. The van der Waals surface area contributed by atoms with Crippen LogP contribution >= 0.6 is 11.3 Å². The van der Waals surface area contributed by atoms with Gasteiger partial charge in [-0.3, -0.25) is 33.7 Å². The van der Waals surface area contributed by atoms with Crippen LogP contribution in [0.4, 0.5) is 14.9 Å². The largest absolute Gasteiger partial charge is 0.493 e. The molecular formula is C71H81FN8O11S. The minimum Gasteiger partial charge on any atom is -0.493 e. The van der Waals surface area contributed by atoms with Gasteiger partial charge in [0, 0.05) is 43.8 Å². The fraction of sp³-hybridized carbons (Fsp3) is 0.437. The number of alkyl halides is 1. The molecule has 92 heavy (non-hydrogen) atoms. The Kier molecular flexibility index (Phi) is 19.6. The minimum atomic E-state index is -2.00. The van der Waals surface area contributed by atoms with Crippen LogP contribution in [0, 0.1) is 12.3 Å². The van der Waals surface area contributed by atoms with Gasteiger partial charge in [0.05, 0.1) is 53.2 Å². The van der Waals surface area contributed by atoms with Gasteiger partial charge in [0.2, 0.25) is 29.5 Å². The van der Waals surface area contributed by atoms with Crippen molar-refractivity contribution in [1.29, 1.82) is 0 Å². The smallest absolute Gasteiger partial charge is 0.407 e. The van der Waals surface area contributed by atoms with Crippen LogP contribution in [0.3, 0.4) is 0 Å². The third kappa shape index (κ3) is 14.5. The molecular weight excluding hydrogens is 1190 g/mol. The van der Waals surface area contributed by atoms with Crippen molar-refractivity contribution in [2.45, 2.75) is 172 Å². The first-order chi connectivity index (χ1) is 44.1. The fourth-order valence-electron chi connectivity index (χ4n) is 13.1. The molecule has 6 aromatic rings. The number of unbranched alkanes of at least 4 members (excludes halogenated alkanes) is 1. The van der Waals surface area contributed by atoms with Gasteiger partial charge in [-0.05, 0) is 127 Å². The van der Waals surface area contributed by atoms with Crippen molar-refractivity contribution in [3.8, 4) is 27.3 Å². The maximum atomic E-state index is 14.8. The lowest BCUT2D eigenvalue weighted by Crippen LogP contribution is -2.59. The second-order valence-corrected chi connectivity index (χ2v) is 27.0. The van der Waals surface area contributed by atoms with Crippen LogP contribution < -0.4 is 36.6 Å². The lowest BCUT2D eigenvalue weighted by atomic mass is 9.85. The zero-order valence-electron chi connectivity index (χ0n) is 52.6. The van der Waals surface area contributed by atoms with E-state index in [4.69, 9.17) is 19.9 Å². The molecule has 0 bridgehead atoms. The highest BCUT2D eigenvalue weighted by atomic mass is 32.1. The van der Waals surface area contributed by atoms with Crippen LogP contribution in [-0.4, -0.2) is 124 Å². The number of nitrogens with one attached hydrogen (secondary N) is 4. The molecule has 1 aromatic heterocycles. The normalized spacial score (nSPS) is 19.6. The first kappa shape index (κ1) is 65.0. The average Bonchev–Trinajstić information content (AvgIpc) is 1.64. The van der Waals surface area contributed by atoms with Crippen molar-refractivity contribution < 1.29 is 57.3 Å². The van der Waals surface area contributed by atoms with E-state index in [2.05, 4.69) is 38.4 Å². The van der Waals surface area contributed by atoms with Crippen molar-refractivity contribution >= 4 is 58.6 Å². The first-order valence-electron chi connectivity index (χ1n) is 31.9. The number of likely N-dealkylation sites (tertiary alicyclic amines) is 1. The molecule has 11 rings (SSSR count). The Labute approximate surface area is 539 Å². The Bertz CT molecular complexity index is 3710. The predicted molar refractivity (Wildman–Crippen MR) is 346 cm³/mol. The molecule has 4 heterocycles. The molecule has 19 nitrogen and oxygen atoms in total. The Morgan fingerprint density at radius 2 is 1.58 bits per heavy atom. The zero-order chi connectivity index (χ0) is 65.0. The van der Waals surface area contributed by atoms with E-state index in [0.717, 1.165) is 73.5 Å². The van der Waals surface area contributed by atoms with E-state index < -0.39 is 95.0 Å². The standard InChI is InChI=1S/C71H81FN8O11S/c1-41-62(92-40-75-41)47-24-25-48(36-74-64(83)57-35-49(81)37-79(57)67(86)63(70(3,4)5)78-68(87)71(72)30-31-71)59(34-47)89-32-11-10-13-43-20-22-44(23-21-43)38-90-42(2)55(28-29-60(73)82)76-65(84)58-33-46-15-12-14-45-26-27-56(66(85)80(58)61(45)46)77-69(88)91-39-54-52-18-8-6-16-50(52)51-17-7-9-19-53(51)54/h6-9,12,14-25,34,40,42,49,54-58,63,81H,10-11,13,26-33,35-39H2,1-5H3,(H2,73,82)(H,74,83)(H,76,84)(H,77,88)(H,78,87)/t42-,49-,55+,56+,57+,58+,63-/m1/s1. The second kappa shape index (κ2) is 27.7. The Morgan fingerprint density at radius 3 is 2.26 bits per heavy atom. The van der Waals surface area contributed by atoms with Crippen LogP contribution in [0.15, 0.2) is 115 Å². The summed E-state index contributed by atoms with van der Waals surface area (Å²) in [5.74, 6) is -2.82. The number of para-hydroxylation sites is 1. The summed E-state index contributed by atoms with van der Waals surface area (Å²) in [6.07, 6.45) is 1.45. The SMILES string of the molecule is Cc1ncsc1-c1ccc(CNC(=O)[C@@H]2C[C@@H](O)CN2C(=O)[C@@H](NC(=O)C2(F)CC2)C(C)(C)C)c(OCCCCc2ccc(CO[C@H](C)[C@H](CCC(N)=O)NC(=O)[C@@H]3Cc4cccc5c4N3C(=O)[C@@H](NC(=O)OCC3c4ccccc4-c4ccccc43)CC5)cc2)c1. The molecule has 7 N–H and O–H groups in total. The number of aliphatic hydroxyl groups excluding tert-OH is 1. The predicted octanol–water partition coefficient (Wildman–Crippen LogP) is 8.60.